The molecule has 0 saturated carbocycles. The van der Waals surface area contributed by atoms with Gasteiger partial charge in [0.2, 0.25) is 0 Å². The van der Waals surface area contributed by atoms with Gasteiger partial charge < -0.3 is 16.0 Å². The van der Waals surface area contributed by atoms with Crippen LogP contribution in [0.15, 0.2) is 46.3 Å². The smallest absolute Gasteiger partial charge is 0.196 e. The van der Waals surface area contributed by atoms with Gasteiger partial charge >= 0.3 is 0 Å². The van der Waals surface area contributed by atoms with Crippen LogP contribution in [0.1, 0.15) is 5.56 Å². The van der Waals surface area contributed by atoms with Gasteiger partial charge in [0, 0.05) is 23.7 Å². The SMILES string of the molecule is CSc1ccc(CNc2cc(Cl)c(NC3=NCCN3)c(Cl)c2)cc1. The molecule has 0 spiro atoms. The lowest BCUT2D eigenvalue weighted by molar-refractivity contribution is 0.959. The molecule has 2 aromatic rings. The molecule has 0 unspecified atom stereocenters. The molecule has 0 fully saturated rings. The molecule has 0 aliphatic carbocycles. The molecule has 1 heterocycles. The molecule has 0 radical (unpaired) electrons. The van der Waals surface area contributed by atoms with Gasteiger partial charge in [0.15, 0.2) is 5.96 Å². The van der Waals surface area contributed by atoms with Gasteiger partial charge in [-0.15, -0.1) is 11.8 Å². The van der Waals surface area contributed by atoms with Crippen LogP contribution in [0.5, 0.6) is 0 Å². The summed E-state index contributed by atoms with van der Waals surface area (Å²) in [5.41, 5.74) is 2.75. The van der Waals surface area contributed by atoms with Crippen LogP contribution in [0.4, 0.5) is 11.4 Å². The number of anilines is 2. The molecule has 0 amide bonds. The Morgan fingerprint density at radius 3 is 2.46 bits per heavy atom. The molecule has 4 nitrogen and oxygen atoms in total. The van der Waals surface area contributed by atoms with Crippen molar-refractivity contribution in [3.05, 3.63) is 52.0 Å². The zero-order chi connectivity index (χ0) is 16.9. The van der Waals surface area contributed by atoms with Crippen LogP contribution in [0.25, 0.3) is 0 Å². The Morgan fingerprint density at radius 2 is 1.88 bits per heavy atom. The van der Waals surface area contributed by atoms with Crippen molar-refractivity contribution in [2.45, 2.75) is 11.4 Å². The Labute approximate surface area is 156 Å². The standard InChI is InChI=1S/C17H18Cl2N4S/c1-24-13-4-2-11(3-5-13)10-22-12-8-14(18)16(15(19)9-12)23-17-20-6-7-21-17/h2-5,8-9,22H,6-7,10H2,1H3,(H2,20,21,23). The number of benzene rings is 2. The molecule has 126 valence electrons. The van der Waals surface area contributed by atoms with E-state index in [0.717, 1.165) is 18.8 Å². The second-order valence-electron chi connectivity index (χ2n) is 5.30. The summed E-state index contributed by atoms with van der Waals surface area (Å²) in [4.78, 5) is 5.54. The van der Waals surface area contributed by atoms with Gasteiger partial charge in [-0.1, -0.05) is 35.3 Å². The number of hydrogen-bond donors (Lipinski definition) is 3. The van der Waals surface area contributed by atoms with Crippen LogP contribution in [0, 0.1) is 0 Å². The third kappa shape index (κ3) is 4.29. The van der Waals surface area contributed by atoms with E-state index in [9.17, 15) is 0 Å². The van der Waals surface area contributed by atoms with Crippen LogP contribution in [0.2, 0.25) is 10.0 Å². The average Bonchev–Trinajstić information content (AvgIpc) is 3.10. The van der Waals surface area contributed by atoms with E-state index in [1.807, 2.05) is 12.1 Å². The van der Waals surface area contributed by atoms with Gasteiger partial charge in [-0.05, 0) is 36.1 Å². The van der Waals surface area contributed by atoms with E-state index in [1.165, 1.54) is 10.5 Å². The first-order chi connectivity index (χ1) is 11.7. The molecule has 3 rings (SSSR count). The Kier molecular flexibility index (Phi) is 5.76. The monoisotopic (exact) mass is 380 g/mol. The molecule has 7 heteroatoms. The largest absolute Gasteiger partial charge is 0.381 e. The summed E-state index contributed by atoms with van der Waals surface area (Å²) in [6, 6.07) is 12.2. The Balaban J connectivity index is 1.67. The number of nitrogens with zero attached hydrogens (tertiary/aromatic N) is 1. The molecule has 0 atom stereocenters. The van der Waals surface area contributed by atoms with Crippen LogP contribution in [-0.4, -0.2) is 25.3 Å². The lowest BCUT2D eigenvalue weighted by Gasteiger charge is -2.14. The Hall–Kier alpha value is -1.56. The van der Waals surface area contributed by atoms with E-state index in [2.05, 4.69) is 51.5 Å². The van der Waals surface area contributed by atoms with E-state index in [0.29, 0.717) is 28.2 Å². The molecule has 1 aliphatic rings. The minimum Gasteiger partial charge on any atom is -0.381 e. The first-order valence-corrected chi connectivity index (χ1v) is 9.55. The second-order valence-corrected chi connectivity index (χ2v) is 6.99. The van der Waals surface area contributed by atoms with E-state index < -0.39 is 0 Å². The van der Waals surface area contributed by atoms with Crippen molar-refractivity contribution in [3.8, 4) is 0 Å². The molecule has 0 bridgehead atoms. The Bertz CT molecular complexity index is 724. The summed E-state index contributed by atoms with van der Waals surface area (Å²) in [5.74, 6) is 0.702. The minimum atomic E-state index is 0.555. The van der Waals surface area contributed by atoms with Gasteiger partial charge in [0.25, 0.3) is 0 Å². The number of guanidine groups is 1. The molecule has 3 N–H and O–H groups in total. The average molecular weight is 381 g/mol. The maximum Gasteiger partial charge on any atom is 0.196 e. The molecule has 24 heavy (non-hydrogen) atoms. The highest BCUT2D eigenvalue weighted by molar-refractivity contribution is 7.98. The molecule has 0 saturated heterocycles. The Morgan fingerprint density at radius 1 is 1.17 bits per heavy atom. The van der Waals surface area contributed by atoms with Crippen molar-refractivity contribution in [1.82, 2.24) is 5.32 Å². The van der Waals surface area contributed by atoms with Crippen molar-refractivity contribution in [2.24, 2.45) is 4.99 Å². The quantitative estimate of drug-likeness (QED) is 0.658. The van der Waals surface area contributed by atoms with Gasteiger partial charge in [0.05, 0.1) is 22.3 Å². The summed E-state index contributed by atoms with van der Waals surface area (Å²) in [7, 11) is 0. The van der Waals surface area contributed by atoms with E-state index in [1.54, 1.807) is 11.8 Å². The molecule has 1 aliphatic heterocycles. The molecular weight excluding hydrogens is 363 g/mol. The fourth-order valence-corrected chi connectivity index (χ4v) is 3.33. The highest BCUT2D eigenvalue weighted by Crippen LogP contribution is 2.34. The first-order valence-electron chi connectivity index (χ1n) is 7.57. The van der Waals surface area contributed by atoms with E-state index >= 15 is 0 Å². The van der Waals surface area contributed by atoms with Crippen molar-refractivity contribution in [3.63, 3.8) is 0 Å². The number of halogens is 2. The fraction of sp³-hybridized carbons (Fsp3) is 0.235. The van der Waals surface area contributed by atoms with E-state index in [4.69, 9.17) is 23.2 Å². The summed E-state index contributed by atoms with van der Waals surface area (Å²) in [6.45, 7) is 2.29. The second kappa shape index (κ2) is 8.01. The number of hydrogen-bond acceptors (Lipinski definition) is 5. The predicted molar refractivity (Wildman–Crippen MR) is 106 cm³/mol. The zero-order valence-corrected chi connectivity index (χ0v) is 15.5. The van der Waals surface area contributed by atoms with Gasteiger partial charge in [-0.25, -0.2) is 0 Å². The van der Waals surface area contributed by atoms with Crippen molar-refractivity contribution in [2.75, 3.05) is 30.0 Å². The van der Waals surface area contributed by atoms with E-state index in [-0.39, 0.29) is 0 Å². The van der Waals surface area contributed by atoms with Crippen LogP contribution in [-0.2, 0) is 6.54 Å². The fourth-order valence-electron chi connectivity index (χ4n) is 2.34. The summed E-state index contributed by atoms with van der Waals surface area (Å²) in [6.07, 6.45) is 2.07. The molecular formula is C17H18Cl2N4S. The number of aliphatic imine (C=N–C) groups is 1. The third-order valence-electron chi connectivity index (χ3n) is 3.62. The zero-order valence-electron chi connectivity index (χ0n) is 13.2. The van der Waals surface area contributed by atoms with Gasteiger partial charge in [0.1, 0.15) is 0 Å². The maximum absolute atomic E-state index is 6.36. The third-order valence-corrected chi connectivity index (χ3v) is 4.96. The summed E-state index contributed by atoms with van der Waals surface area (Å²) < 4.78 is 0. The summed E-state index contributed by atoms with van der Waals surface area (Å²) in [5, 5.41) is 10.7. The molecule has 0 aromatic heterocycles. The van der Waals surface area contributed by atoms with Crippen LogP contribution in [0.3, 0.4) is 0 Å². The van der Waals surface area contributed by atoms with Gasteiger partial charge in [-0.3, -0.25) is 4.99 Å². The van der Waals surface area contributed by atoms with Crippen LogP contribution < -0.4 is 16.0 Å². The van der Waals surface area contributed by atoms with Crippen molar-refractivity contribution in [1.29, 1.82) is 0 Å². The normalized spacial score (nSPS) is 13.4. The van der Waals surface area contributed by atoms with Crippen LogP contribution >= 0.6 is 35.0 Å². The lowest BCUT2D eigenvalue weighted by Crippen LogP contribution is -2.26. The van der Waals surface area contributed by atoms with Crippen molar-refractivity contribution < 1.29 is 0 Å². The maximum atomic E-state index is 6.36. The minimum absolute atomic E-state index is 0.555. The predicted octanol–water partition coefficient (Wildman–Crippen LogP) is 4.70. The lowest BCUT2D eigenvalue weighted by atomic mass is 10.2. The van der Waals surface area contributed by atoms with Crippen molar-refractivity contribution >= 4 is 52.3 Å². The first kappa shape index (κ1) is 17.3. The highest BCUT2D eigenvalue weighted by Gasteiger charge is 2.12. The topological polar surface area (TPSA) is 48.5 Å². The molecule has 2 aromatic carbocycles. The highest BCUT2D eigenvalue weighted by atomic mass is 35.5. The number of thioether (sulfide) groups is 1. The number of nitrogens with one attached hydrogen (secondary N) is 3. The van der Waals surface area contributed by atoms with Gasteiger partial charge in [-0.2, -0.15) is 0 Å². The number of rotatable bonds is 5. The summed E-state index contributed by atoms with van der Waals surface area (Å²) >= 11 is 14.5.